The predicted molar refractivity (Wildman–Crippen MR) is 113 cm³/mol. The number of hydrogen-bond acceptors (Lipinski definition) is 3. The molecule has 2 unspecified atom stereocenters. The van der Waals surface area contributed by atoms with Gasteiger partial charge >= 0.3 is 0 Å². The van der Waals surface area contributed by atoms with Gasteiger partial charge in [0.15, 0.2) is 0 Å². The molecule has 0 saturated heterocycles. The highest BCUT2D eigenvalue weighted by Crippen LogP contribution is 2.30. The van der Waals surface area contributed by atoms with Crippen LogP contribution in [0.3, 0.4) is 0 Å². The first-order valence-corrected chi connectivity index (χ1v) is 10.0. The summed E-state index contributed by atoms with van der Waals surface area (Å²) < 4.78 is 0. The number of likely N-dealkylation sites (N-methyl/N-ethyl adjacent to an activating group) is 1. The average Bonchev–Trinajstić information content (AvgIpc) is 3.14. The van der Waals surface area contributed by atoms with Crippen molar-refractivity contribution >= 4 is 16.8 Å². The molecule has 3 N–H and O–H groups in total. The van der Waals surface area contributed by atoms with Crippen molar-refractivity contribution in [1.29, 1.82) is 0 Å². The van der Waals surface area contributed by atoms with E-state index in [1.165, 1.54) is 22.0 Å². The molecular weight excluding hydrogens is 362 g/mol. The minimum atomic E-state index is -0.464. The summed E-state index contributed by atoms with van der Waals surface area (Å²) in [6.45, 7) is 5.05. The number of aromatic amines is 1. The first-order valence-electron chi connectivity index (χ1n) is 10.0. The third-order valence-corrected chi connectivity index (χ3v) is 5.68. The van der Waals surface area contributed by atoms with Gasteiger partial charge in [-0.25, -0.2) is 5.48 Å². The summed E-state index contributed by atoms with van der Waals surface area (Å²) in [7, 11) is 0. The third kappa shape index (κ3) is 4.04. The van der Waals surface area contributed by atoms with Gasteiger partial charge in [0, 0.05) is 30.2 Å². The molecule has 1 aliphatic rings. The molecule has 1 heterocycles. The van der Waals surface area contributed by atoms with Crippen LogP contribution in [0.15, 0.2) is 54.7 Å². The number of nitrogens with one attached hydrogen (secondary N) is 2. The van der Waals surface area contributed by atoms with Gasteiger partial charge in [-0.05, 0) is 35.7 Å². The van der Waals surface area contributed by atoms with Crippen LogP contribution in [-0.2, 0) is 17.8 Å². The van der Waals surface area contributed by atoms with E-state index in [2.05, 4.69) is 71.2 Å². The summed E-state index contributed by atoms with van der Waals surface area (Å²) in [5, 5.41) is 10.1. The molecule has 0 fully saturated rings. The molecule has 0 radical (unpaired) electrons. The number of carbonyl (C=O) groups excluding carboxylic acids is 1. The summed E-state index contributed by atoms with van der Waals surface area (Å²) in [5.74, 6) is 4.78. The Hall–Kier alpha value is -3.07. The SMILES string of the molecule is CCN(CCc1c[nH]c2ccccc12)Cc1ccc(C2C#CC2C(=O)NO)cc1. The Bertz CT molecular complexity index is 1060. The van der Waals surface area contributed by atoms with Crippen molar-refractivity contribution in [1.82, 2.24) is 15.4 Å². The van der Waals surface area contributed by atoms with Crippen molar-refractivity contribution in [3.8, 4) is 11.8 Å². The highest BCUT2D eigenvalue weighted by atomic mass is 16.5. The highest BCUT2D eigenvalue weighted by molar-refractivity contribution is 5.84. The Labute approximate surface area is 170 Å². The Morgan fingerprint density at radius 1 is 1.17 bits per heavy atom. The molecule has 2 aromatic carbocycles. The number of hydrogen-bond donors (Lipinski definition) is 3. The molecule has 5 heteroatoms. The summed E-state index contributed by atoms with van der Waals surface area (Å²) in [6, 6.07) is 16.7. The van der Waals surface area contributed by atoms with E-state index in [-0.39, 0.29) is 5.92 Å². The van der Waals surface area contributed by atoms with Gasteiger partial charge < -0.3 is 4.98 Å². The molecule has 0 bridgehead atoms. The number of hydroxylamine groups is 1. The number of nitrogens with zero attached hydrogens (tertiary/aromatic N) is 1. The van der Waals surface area contributed by atoms with E-state index in [1.807, 2.05) is 12.1 Å². The van der Waals surface area contributed by atoms with Gasteiger partial charge in [-0.3, -0.25) is 14.9 Å². The zero-order chi connectivity index (χ0) is 20.2. The maximum atomic E-state index is 11.6. The molecule has 1 amide bonds. The van der Waals surface area contributed by atoms with Gasteiger partial charge in [-0.1, -0.05) is 61.2 Å². The number of para-hydroxylation sites is 1. The van der Waals surface area contributed by atoms with Crippen LogP contribution in [0.4, 0.5) is 0 Å². The molecule has 0 spiro atoms. The van der Waals surface area contributed by atoms with Gasteiger partial charge in [-0.15, -0.1) is 0 Å². The summed E-state index contributed by atoms with van der Waals surface area (Å²) in [4.78, 5) is 17.4. The van der Waals surface area contributed by atoms with Crippen LogP contribution >= 0.6 is 0 Å². The second-order valence-electron chi connectivity index (χ2n) is 7.44. The minimum Gasteiger partial charge on any atom is -0.361 e. The van der Waals surface area contributed by atoms with Crippen molar-refractivity contribution in [3.05, 3.63) is 71.4 Å². The number of carbonyl (C=O) groups is 1. The number of aromatic nitrogens is 1. The fourth-order valence-electron chi connectivity index (χ4n) is 3.87. The standard InChI is InChI=1S/C24H25N3O2/c1-2-27(14-13-19-15-25-23-6-4-3-5-21(19)23)16-17-7-9-18(10-8-17)20-11-12-22(20)24(28)26-29/h3-10,15,20,22,25,29H,2,13-14,16H2,1H3,(H,26,28). The second kappa shape index (κ2) is 8.52. The fraction of sp³-hybridized carbons (Fsp3) is 0.292. The molecule has 0 aliphatic heterocycles. The zero-order valence-corrected chi connectivity index (χ0v) is 16.5. The Morgan fingerprint density at radius 2 is 1.97 bits per heavy atom. The average molecular weight is 387 g/mol. The quantitative estimate of drug-likeness (QED) is 0.315. The number of H-pyrrole nitrogens is 1. The first-order chi connectivity index (χ1) is 14.2. The number of amides is 1. The first kappa shape index (κ1) is 19.3. The van der Waals surface area contributed by atoms with Crippen LogP contribution < -0.4 is 5.48 Å². The second-order valence-corrected chi connectivity index (χ2v) is 7.44. The fourth-order valence-corrected chi connectivity index (χ4v) is 3.87. The smallest absolute Gasteiger partial charge is 0.260 e. The Morgan fingerprint density at radius 3 is 2.66 bits per heavy atom. The predicted octanol–water partition coefficient (Wildman–Crippen LogP) is 3.45. The summed E-state index contributed by atoms with van der Waals surface area (Å²) >= 11 is 0. The Kier molecular flexibility index (Phi) is 5.66. The van der Waals surface area contributed by atoms with Crippen molar-refractivity contribution in [3.63, 3.8) is 0 Å². The van der Waals surface area contributed by atoms with E-state index < -0.39 is 11.8 Å². The summed E-state index contributed by atoms with van der Waals surface area (Å²) in [5.41, 5.74) is 6.50. The molecule has 1 aliphatic carbocycles. The van der Waals surface area contributed by atoms with Crippen molar-refractivity contribution in [2.24, 2.45) is 5.92 Å². The lowest BCUT2D eigenvalue weighted by atomic mass is 9.79. The number of benzene rings is 2. The molecule has 0 saturated carbocycles. The normalized spacial score (nSPS) is 17.6. The van der Waals surface area contributed by atoms with Gasteiger partial charge in [0.2, 0.25) is 0 Å². The Balaban J connectivity index is 1.36. The molecule has 29 heavy (non-hydrogen) atoms. The lowest BCUT2D eigenvalue weighted by Gasteiger charge is -2.24. The van der Waals surface area contributed by atoms with E-state index in [0.29, 0.717) is 0 Å². The van der Waals surface area contributed by atoms with E-state index in [1.54, 1.807) is 5.48 Å². The number of rotatable bonds is 8. The third-order valence-electron chi connectivity index (χ3n) is 5.68. The minimum absolute atomic E-state index is 0.139. The van der Waals surface area contributed by atoms with Crippen LogP contribution in [-0.4, -0.2) is 34.1 Å². The molecular formula is C24H25N3O2. The monoisotopic (exact) mass is 387 g/mol. The van der Waals surface area contributed by atoms with Crippen LogP contribution in [0, 0.1) is 17.8 Å². The van der Waals surface area contributed by atoms with Crippen molar-refractivity contribution in [2.75, 3.05) is 13.1 Å². The van der Waals surface area contributed by atoms with Crippen LogP contribution in [0.25, 0.3) is 10.9 Å². The molecule has 148 valence electrons. The molecule has 4 rings (SSSR count). The topological polar surface area (TPSA) is 68.4 Å². The van der Waals surface area contributed by atoms with Crippen molar-refractivity contribution in [2.45, 2.75) is 25.8 Å². The van der Waals surface area contributed by atoms with E-state index in [0.717, 1.165) is 31.6 Å². The van der Waals surface area contributed by atoms with Crippen LogP contribution in [0.1, 0.15) is 29.5 Å². The maximum absolute atomic E-state index is 11.6. The largest absolute Gasteiger partial charge is 0.361 e. The highest BCUT2D eigenvalue weighted by Gasteiger charge is 2.31. The van der Waals surface area contributed by atoms with Crippen LogP contribution in [0.2, 0.25) is 0 Å². The zero-order valence-electron chi connectivity index (χ0n) is 16.5. The lowest BCUT2D eigenvalue weighted by molar-refractivity contribution is -0.132. The van der Waals surface area contributed by atoms with Gasteiger partial charge in [0.25, 0.3) is 5.91 Å². The lowest BCUT2D eigenvalue weighted by Crippen LogP contribution is -2.34. The summed E-state index contributed by atoms with van der Waals surface area (Å²) in [6.07, 6.45) is 3.12. The van der Waals surface area contributed by atoms with E-state index >= 15 is 0 Å². The van der Waals surface area contributed by atoms with Crippen molar-refractivity contribution < 1.29 is 10.0 Å². The van der Waals surface area contributed by atoms with Gasteiger partial charge in [0.05, 0.1) is 5.92 Å². The molecule has 1 aromatic heterocycles. The van der Waals surface area contributed by atoms with E-state index in [4.69, 9.17) is 5.21 Å². The van der Waals surface area contributed by atoms with Crippen LogP contribution in [0.5, 0.6) is 0 Å². The molecule has 2 atom stereocenters. The number of fused-ring (bicyclic) bond motifs is 1. The molecule has 5 nitrogen and oxygen atoms in total. The van der Waals surface area contributed by atoms with E-state index in [9.17, 15) is 4.79 Å². The van der Waals surface area contributed by atoms with Gasteiger partial charge in [-0.2, -0.15) is 0 Å². The molecule has 3 aromatic rings. The van der Waals surface area contributed by atoms with Gasteiger partial charge in [0.1, 0.15) is 5.92 Å². The maximum Gasteiger partial charge on any atom is 0.260 e.